The number of aryl methyl sites for hydroxylation is 1. The number of amides is 1. The van der Waals surface area contributed by atoms with Crippen molar-refractivity contribution in [1.29, 1.82) is 0 Å². The number of nitrogens with zero attached hydrogens (tertiary/aromatic N) is 1. The van der Waals surface area contributed by atoms with Crippen LogP contribution in [0.3, 0.4) is 0 Å². The van der Waals surface area contributed by atoms with E-state index in [9.17, 15) is 4.79 Å². The van der Waals surface area contributed by atoms with Gasteiger partial charge in [-0.2, -0.15) is 0 Å². The average Bonchev–Trinajstić information content (AvgIpc) is 3.03. The molecule has 0 heterocycles. The number of halogens is 1. The summed E-state index contributed by atoms with van der Waals surface area (Å²) in [4.78, 5) is 15.9. The predicted molar refractivity (Wildman–Crippen MR) is 175 cm³/mol. The number of benzene rings is 4. The molecule has 5 heteroatoms. The highest BCUT2D eigenvalue weighted by molar-refractivity contribution is 9.10. The van der Waals surface area contributed by atoms with E-state index in [0.29, 0.717) is 17.1 Å². The van der Waals surface area contributed by atoms with E-state index in [1.807, 2.05) is 139 Å². The van der Waals surface area contributed by atoms with Gasteiger partial charge in [0, 0.05) is 15.7 Å². The van der Waals surface area contributed by atoms with E-state index < -0.39 is 0 Å². The summed E-state index contributed by atoms with van der Waals surface area (Å²) in [5.41, 5.74) is 5.12. The van der Waals surface area contributed by atoms with E-state index in [0.717, 1.165) is 32.4 Å². The number of ether oxygens (including phenoxy) is 2. The Morgan fingerprint density at radius 1 is 0.725 bits per heavy atom. The van der Waals surface area contributed by atoms with Gasteiger partial charge in [-0.05, 0) is 66.1 Å². The lowest BCUT2D eigenvalue weighted by Crippen LogP contribution is -2.31. The standard InChI is InChI=1S/C29H26BrNO3.3C2H6/c1-20-17-27(33-2)26(28(18-20)34-3)19-31(23-15-13-22(30)14-16-23)29(32)25-12-8-7-11-24(25)21-9-5-4-6-10-21;3*1-2/h4-18H,19H2,1-3H3;3*1-2H3. The lowest BCUT2D eigenvalue weighted by atomic mass is 9.98. The molecule has 0 radical (unpaired) electrons. The molecule has 40 heavy (non-hydrogen) atoms. The van der Waals surface area contributed by atoms with Crippen molar-refractivity contribution in [3.8, 4) is 22.6 Å². The second kappa shape index (κ2) is 18.7. The Kier molecular flexibility index (Phi) is 16.1. The van der Waals surface area contributed by atoms with Crippen LogP contribution in [-0.2, 0) is 6.54 Å². The van der Waals surface area contributed by atoms with Crippen molar-refractivity contribution in [2.45, 2.75) is 55.0 Å². The highest BCUT2D eigenvalue weighted by Gasteiger charge is 2.24. The third-order valence-corrected chi connectivity index (χ3v) is 6.22. The highest BCUT2D eigenvalue weighted by Crippen LogP contribution is 2.35. The third-order valence-electron chi connectivity index (χ3n) is 5.69. The van der Waals surface area contributed by atoms with Crippen LogP contribution >= 0.6 is 15.9 Å². The normalized spacial score (nSPS) is 9.45. The molecule has 0 unspecified atom stereocenters. The Labute approximate surface area is 250 Å². The molecule has 4 rings (SSSR count). The fourth-order valence-electron chi connectivity index (χ4n) is 4.01. The van der Waals surface area contributed by atoms with Crippen molar-refractivity contribution in [3.63, 3.8) is 0 Å². The Morgan fingerprint density at radius 3 is 1.75 bits per heavy atom. The lowest BCUT2D eigenvalue weighted by molar-refractivity contribution is 0.0985. The van der Waals surface area contributed by atoms with Crippen LogP contribution in [0.4, 0.5) is 5.69 Å². The van der Waals surface area contributed by atoms with Crippen LogP contribution in [0.15, 0.2) is 95.5 Å². The first kappa shape index (κ1) is 34.5. The minimum absolute atomic E-state index is 0.105. The van der Waals surface area contributed by atoms with Gasteiger partial charge >= 0.3 is 0 Å². The van der Waals surface area contributed by atoms with Crippen molar-refractivity contribution in [2.75, 3.05) is 19.1 Å². The molecule has 1 amide bonds. The van der Waals surface area contributed by atoms with Crippen molar-refractivity contribution in [2.24, 2.45) is 0 Å². The topological polar surface area (TPSA) is 38.8 Å². The van der Waals surface area contributed by atoms with Crippen LogP contribution in [0.2, 0.25) is 0 Å². The molecule has 4 aromatic carbocycles. The summed E-state index contributed by atoms with van der Waals surface area (Å²) in [6.07, 6.45) is 0. The SMILES string of the molecule is CC.CC.CC.COc1cc(C)cc(OC)c1CN(C(=O)c1ccccc1-c1ccccc1)c1ccc(Br)cc1. The Morgan fingerprint density at radius 2 is 1.23 bits per heavy atom. The third kappa shape index (κ3) is 8.99. The Hall–Kier alpha value is -3.57. The maximum Gasteiger partial charge on any atom is 0.259 e. The van der Waals surface area contributed by atoms with Crippen molar-refractivity contribution >= 4 is 27.5 Å². The van der Waals surface area contributed by atoms with E-state index in [2.05, 4.69) is 15.9 Å². The molecule has 0 aliphatic carbocycles. The lowest BCUT2D eigenvalue weighted by Gasteiger charge is -2.26. The molecule has 4 nitrogen and oxygen atoms in total. The second-order valence-corrected chi connectivity index (χ2v) is 8.84. The number of rotatable bonds is 7. The van der Waals surface area contributed by atoms with Crippen LogP contribution in [0.25, 0.3) is 11.1 Å². The van der Waals surface area contributed by atoms with E-state index in [-0.39, 0.29) is 12.5 Å². The summed E-state index contributed by atoms with van der Waals surface area (Å²) in [6.45, 7) is 14.3. The number of methoxy groups -OCH3 is 2. The molecule has 0 aliphatic rings. The summed E-state index contributed by atoms with van der Waals surface area (Å²) in [5, 5.41) is 0. The molecule has 4 aromatic rings. The molecule has 0 aliphatic heterocycles. The van der Waals surface area contributed by atoms with E-state index in [1.54, 1.807) is 19.1 Å². The van der Waals surface area contributed by atoms with E-state index >= 15 is 0 Å². The summed E-state index contributed by atoms with van der Waals surface area (Å²) in [6, 6.07) is 29.3. The number of hydrogen-bond donors (Lipinski definition) is 0. The molecule has 0 spiro atoms. The van der Waals surface area contributed by atoms with Gasteiger partial charge in [-0.15, -0.1) is 0 Å². The molecule has 0 N–H and O–H groups in total. The summed E-state index contributed by atoms with van der Waals surface area (Å²) in [5.74, 6) is 1.26. The van der Waals surface area contributed by atoms with Gasteiger partial charge in [-0.1, -0.05) is 106 Å². The molecule has 0 fully saturated rings. The first-order valence-corrected chi connectivity index (χ1v) is 14.7. The van der Waals surface area contributed by atoms with Gasteiger partial charge in [-0.25, -0.2) is 0 Å². The molecular formula is C35H44BrNO3. The minimum Gasteiger partial charge on any atom is -0.496 e. The number of carbonyl (C=O) groups is 1. The molecule has 214 valence electrons. The van der Waals surface area contributed by atoms with Gasteiger partial charge in [0.25, 0.3) is 5.91 Å². The van der Waals surface area contributed by atoms with Crippen LogP contribution in [0.1, 0.15) is 63.0 Å². The van der Waals surface area contributed by atoms with Gasteiger partial charge in [0.05, 0.1) is 26.3 Å². The van der Waals surface area contributed by atoms with E-state index in [4.69, 9.17) is 9.47 Å². The highest BCUT2D eigenvalue weighted by atomic mass is 79.9. The van der Waals surface area contributed by atoms with Gasteiger partial charge in [0.15, 0.2) is 0 Å². The average molecular weight is 607 g/mol. The van der Waals surface area contributed by atoms with Crippen molar-refractivity contribution in [3.05, 3.63) is 112 Å². The van der Waals surface area contributed by atoms with Gasteiger partial charge < -0.3 is 14.4 Å². The van der Waals surface area contributed by atoms with E-state index in [1.165, 1.54) is 0 Å². The number of carbonyl (C=O) groups excluding carboxylic acids is 1. The molecule has 0 bridgehead atoms. The smallest absolute Gasteiger partial charge is 0.259 e. The Balaban J connectivity index is 0.00000125. The zero-order valence-corrected chi connectivity index (χ0v) is 27.0. The fraction of sp³-hybridized carbons (Fsp3) is 0.286. The minimum atomic E-state index is -0.105. The van der Waals surface area contributed by atoms with Crippen molar-refractivity contribution in [1.82, 2.24) is 0 Å². The maximum atomic E-state index is 14.1. The van der Waals surface area contributed by atoms with Gasteiger partial charge in [0.1, 0.15) is 11.5 Å². The monoisotopic (exact) mass is 605 g/mol. The van der Waals surface area contributed by atoms with Gasteiger partial charge in [-0.3, -0.25) is 4.79 Å². The second-order valence-electron chi connectivity index (χ2n) is 7.93. The van der Waals surface area contributed by atoms with Gasteiger partial charge in [0.2, 0.25) is 0 Å². The zero-order chi connectivity index (χ0) is 30.1. The first-order valence-electron chi connectivity index (χ1n) is 13.9. The molecular weight excluding hydrogens is 562 g/mol. The van der Waals surface area contributed by atoms with Crippen LogP contribution in [0, 0.1) is 6.92 Å². The van der Waals surface area contributed by atoms with Crippen molar-refractivity contribution < 1.29 is 14.3 Å². The van der Waals surface area contributed by atoms with Crippen LogP contribution < -0.4 is 14.4 Å². The largest absolute Gasteiger partial charge is 0.496 e. The maximum absolute atomic E-state index is 14.1. The molecule has 0 saturated heterocycles. The predicted octanol–water partition coefficient (Wildman–Crippen LogP) is 10.4. The van der Waals surface area contributed by atoms with Crippen LogP contribution in [-0.4, -0.2) is 20.1 Å². The molecule has 0 saturated carbocycles. The first-order chi connectivity index (χ1) is 19.5. The summed E-state index contributed by atoms with van der Waals surface area (Å²) in [7, 11) is 3.27. The molecule has 0 aromatic heterocycles. The quantitative estimate of drug-likeness (QED) is 0.210. The fourth-order valence-corrected chi connectivity index (χ4v) is 4.28. The number of anilines is 1. The Bertz CT molecular complexity index is 1260. The number of hydrogen-bond acceptors (Lipinski definition) is 3. The van der Waals surface area contributed by atoms with Crippen LogP contribution in [0.5, 0.6) is 11.5 Å². The summed E-state index contributed by atoms with van der Waals surface area (Å²) >= 11 is 3.50. The zero-order valence-electron chi connectivity index (χ0n) is 25.4. The summed E-state index contributed by atoms with van der Waals surface area (Å²) < 4.78 is 12.3. The molecule has 0 atom stereocenters.